The van der Waals surface area contributed by atoms with Crippen molar-refractivity contribution in [2.24, 2.45) is 0 Å². The maximum absolute atomic E-state index is 12.8. The monoisotopic (exact) mass is 450 g/mol. The molecule has 0 saturated carbocycles. The zero-order chi connectivity index (χ0) is 23.2. The molecule has 2 aromatic rings. The van der Waals surface area contributed by atoms with Gasteiger partial charge in [0.2, 0.25) is 10.0 Å². The topological polar surface area (TPSA) is 94.2 Å². The summed E-state index contributed by atoms with van der Waals surface area (Å²) in [5, 5.41) is 2.96. The fourth-order valence-electron chi connectivity index (χ4n) is 2.97. The van der Waals surface area contributed by atoms with Gasteiger partial charge < -0.3 is 19.5 Å². The van der Waals surface area contributed by atoms with Crippen molar-refractivity contribution >= 4 is 21.6 Å². The van der Waals surface area contributed by atoms with E-state index in [1.807, 2.05) is 19.9 Å². The van der Waals surface area contributed by atoms with Gasteiger partial charge in [-0.3, -0.25) is 9.10 Å². The average molecular weight is 451 g/mol. The van der Waals surface area contributed by atoms with Crippen molar-refractivity contribution in [3.63, 3.8) is 0 Å². The van der Waals surface area contributed by atoms with Crippen molar-refractivity contribution in [2.75, 3.05) is 31.8 Å². The SMILES string of the molecule is CC[C@@H](Oc1ccc(N(C)S(C)(=O)=O)cc1)C(=O)N[C@H](C)c1cc(OC)ccc1OC. The second-order valence-corrected chi connectivity index (χ2v) is 9.09. The van der Waals surface area contributed by atoms with E-state index in [2.05, 4.69) is 5.32 Å². The van der Waals surface area contributed by atoms with E-state index in [1.165, 1.54) is 11.4 Å². The number of nitrogens with one attached hydrogen (secondary N) is 1. The van der Waals surface area contributed by atoms with Crippen LogP contribution in [0.15, 0.2) is 42.5 Å². The first-order valence-electron chi connectivity index (χ1n) is 9.83. The van der Waals surface area contributed by atoms with Crippen LogP contribution in [0.25, 0.3) is 0 Å². The van der Waals surface area contributed by atoms with Crippen LogP contribution in [0.4, 0.5) is 5.69 Å². The number of methoxy groups -OCH3 is 2. The van der Waals surface area contributed by atoms with E-state index >= 15 is 0 Å². The number of benzene rings is 2. The molecule has 2 rings (SSSR count). The molecule has 0 radical (unpaired) electrons. The van der Waals surface area contributed by atoms with Gasteiger partial charge in [0.25, 0.3) is 5.91 Å². The summed E-state index contributed by atoms with van der Waals surface area (Å²) in [6, 6.07) is 11.6. The van der Waals surface area contributed by atoms with E-state index in [0.29, 0.717) is 29.4 Å². The Labute approximate surface area is 184 Å². The molecular weight excluding hydrogens is 420 g/mol. The Morgan fingerprint density at radius 2 is 1.68 bits per heavy atom. The lowest BCUT2D eigenvalue weighted by Crippen LogP contribution is -2.39. The Morgan fingerprint density at radius 1 is 1.06 bits per heavy atom. The lowest BCUT2D eigenvalue weighted by Gasteiger charge is -2.22. The largest absolute Gasteiger partial charge is 0.497 e. The van der Waals surface area contributed by atoms with E-state index in [0.717, 1.165) is 11.8 Å². The van der Waals surface area contributed by atoms with E-state index < -0.39 is 16.1 Å². The Bertz CT molecular complexity index is 992. The predicted octanol–water partition coefficient (Wildman–Crippen LogP) is 3.13. The number of anilines is 1. The van der Waals surface area contributed by atoms with E-state index in [9.17, 15) is 13.2 Å². The smallest absolute Gasteiger partial charge is 0.261 e. The Hall–Kier alpha value is -2.94. The minimum atomic E-state index is -3.35. The number of sulfonamides is 1. The van der Waals surface area contributed by atoms with Crippen LogP contribution in [0.1, 0.15) is 31.9 Å². The normalized spacial score (nSPS) is 13.1. The van der Waals surface area contributed by atoms with Crippen LogP contribution in [0.3, 0.4) is 0 Å². The van der Waals surface area contributed by atoms with Crippen LogP contribution in [0.2, 0.25) is 0 Å². The van der Waals surface area contributed by atoms with Crippen molar-refractivity contribution in [1.29, 1.82) is 0 Å². The Kier molecular flexibility index (Phi) is 8.15. The molecule has 0 heterocycles. The van der Waals surface area contributed by atoms with E-state index in [-0.39, 0.29) is 11.9 Å². The average Bonchev–Trinajstić information content (AvgIpc) is 2.76. The third-order valence-corrected chi connectivity index (χ3v) is 6.11. The van der Waals surface area contributed by atoms with Gasteiger partial charge >= 0.3 is 0 Å². The number of amides is 1. The summed E-state index contributed by atoms with van der Waals surface area (Å²) in [5.74, 6) is 1.52. The Balaban J connectivity index is 2.10. The molecule has 2 atom stereocenters. The number of carbonyl (C=O) groups excluding carboxylic acids is 1. The lowest BCUT2D eigenvalue weighted by molar-refractivity contribution is -0.128. The molecule has 170 valence electrons. The number of hydrogen-bond acceptors (Lipinski definition) is 6. The standard InChI is InChI=1S/C22H30N2O6S/c1-7-20(30-17-10-8-16(9-11-17)24(3)31(6,26)27)22(25)23-15(2)19-14-18(28-4)12-13-21(19)29-5/h8-15,20H,7H2,1-6H3,(H,23,25)/t15-,20-/m1/s1. The van der Waals surface area contributed by atoms with Crippen LogP contribution in [0.5, 0.6) is 17.2 Å². The fourth-order valence-corrected chi connectivity index (χ4v) is 3.48. The Morgan fingerprint density at radius 3 is 2.19 bits per heavy atom. The highest BCUT2D eigenvalue weighted by Crippen LogP contribution is 2.29. The highest BCUT2D eigenvalue weighted by molar-refractivity contribution is 7.92. The molecule has 0 fully saturated rings. The van der Waals surface area contributed by atoms with Crippen molar-refractivity contribution in [3.05, 3.63) is 48.0 Å². The van der Waals surface area contributed by atoms with Gasteiger partial charge in [0.05, 0.1) is 32.2 Å². The van der Waals surface area contributed by atoms with E-state index in [1.54, 1.807) is 50.6 Å². The molecule has 0 aliphatic heterocycles. The van der Waals surface area contributed by atoms with Crippen molar-refractivity contribution < 1.29 is 27.4 Å². The van der Waals surface area contributed by atoms with Gasteiger partial charge in [0.1, 0.15) is 17.2 Å². The maximum atomic E-state index is 12.8. The van der Waals surface area contributed by atoms with Crippen LogP contribution in [-0.4, -0.2) is 48.0 Å². The van der Waals surface area contributed by atoms with Gasteiger partial charge in [0.15, 0.2) is 6.10 Å². The number of hydrogen-bond donors (Lipinski definition) is 1. The minimum Gasteiger partial charge on any atom is -0.497 e. The third-order valence-electron chi connectivity index (χ3n) is 4.90. The molecule has 0 saturated heterocycles. The quantitative estimate of drug-likeness (QED) is 0.598. The summed E-state index contributed by atoms with van der Waals surface area (Å²) < 4.78 is 41.0. The molecule has 2 aromatic carbocycles. The number of carbonyl (C=O) groups is 1. The van der Waals surface area contributed by atoms with Gasteiger partial charge in [-0.05, 0) is 55.8 Å². The van der Waals surface area contributed by atoms with Crippen molar-refractivity contribution in [2.45, 2.75) is 32.4 Å². The summed E-state index contributed by atoms with van der Waals surface area (Å²) in [7, 11) is 1.27. The van der Waals surface area contributed by atoms with Gasteiger partial charge in [-0.2, -0.15) is 0 Å². The van der Waals surface area contributed by atoms with Gasteiger partial charge in [-0.1, -0.05) is 6.92 Å². The lowest BCUT2D eigenvalue weighted by atomic mass is 10.1. The maximum Gasteiger partial charge on any atom is 0.261 e. The molecule has 0 aromatic heterocycles. The number of ether oxygens (including phenoxy) is 3. The van der Waals surface area contributed by atoms with E-state index in [4.69, 9.17) is 14.2 Å². The van der Waals surface area contributed by atoms with Gasteiger partial charge in [-0.25, -0.2) is 8.42 Å². The molecule has 0 spiro atoms. The number of rotatable bonds is 10. The van der Waals surface area contributed by atoms with Gasteiger partial charge in [-0.15, -0.1) is 0 Å². The molecular formula is C22H30N2O6S. The highest BCUT2D eigenvalue weighted by atomic mass is 32.2. The first-order chi connectivity index (χ1) is 14.6. The second kappa shape index (κ2) is 10.4. The molecule has 0 unspecified atom stereocenters. The molecule has 8 nitrogen and oxygen atoms in total. The number of nitrogens with zero attached hydrogens (tertiary/aromatic N) is 1. The molecule has 0 bridgehead atoms. The summed E-state index contributed by atoms with van der Waals surface area (Å²) in [4.78, 5) is 12.8. The molecule has 1 amide bonds. The van der Waals surface area contributed by atoms with Crippen LogP contribution < -0.4 is 23.8 Å². The molecule has 31 heavy (non-hydrogen) atoms. The summed E-state index contributed by atoms with van der Waals surface area (Å²) in [5.41, 5.74) is 1.30. The van der Waals surface area contributed by atoms with Crippen molar-refractivity contribution in [1.82, 2.24) is 5.32 Å². The highest BCUT2D eigenvalue weighted by Gasteiger charge is 2.23. The van der Waals surface area contributed by atoms with Crippen LogP contribution >= 0.6 is 0 Å². The molecule has 0 aliphatic carbocycles. The third kappa shape index (κ3) is 6.27. The first kappa shape index (κ1) is 24.3. The molecule has 0 aliphatic rings. The van der Waals surface area contributed by atoms with Crippen LogP contribution in [0, 0.1) is 0 Å². The minimum absolute atomic E-state index is 0.266. The summed E-state index contributed by atoms with van der Waals surface area (Å²) in [6.07, 6.45) is 0.879. The fraction of sp³-hybridized carbons (Fsp3) is 0.409. The molecule has 9 heteroatoms. The van der Waals surface area contributed by atoms with Gasteiger partial charge in [0, 0.05) is 12.6 Å². The zero-order valence-electron chi connectivity index (χ0n) is 18.7. The van der Waals surface area contributed by atoms with Crippen molar-refractivity contribution in [3.8, 4) is 17.2 Å². The zero-order valence-corrected chi connectivity index (χ0v) is 19.5. The predicted molar refractivity (Wildman–Crippen MR) is 120 cm³/mol. The summed E-state index contributed by atoms with van der Waals surface area (Å²) in [6.45, 7) is 3.71. The molecule has 1 N–H and O–H groups in total. The first-order valence-corrected chi connectivity index (χ1v) is 11.7. The second-order valence-electron chi connectivity index (χ2n) is 7.08. The summed E-state index contributed by atoms with van der Waals surface area (Å²) >= 11 is 0. The van der Waals surface area contributed by atoms with Crippen LogP contribution in [-0.2, 0) is 14.8 Å².